The van der Waals surface area contributed by atoms with Crippen LogP contribution >= 0.6 is 0 Å². The molecule has 6 heteroatoms. The Kier molecular flexibility index (Phi) is 3.64. The Morgan fingerprint density at radius 3 is 2.75 bits per heavy atom. The normalized spacial score (nSPS) is 15.1. The van der Waals surface area contributed by atoms with Gasteiger partial charge in [-0.25, -0.2) is 4.98 Å². The number of ether oxygens (including phenoxy) is 1. The van der Waals surface area contributed by atoms with Crippen LogP contribution in [-0.4, -0.2) is 37.2 Å². The lowest BCUT2D eigenvalue weighted by Gasteiger charge is -2.27. The first-order chi connectivity index (χ1) is 9.83. The van der Waals surface area contributed by atoms with Crippen LogP contribution in [0, 0.1) is 0 Å². The highest BCUT2D eigenvalue weighted by Gasteiger charge is 2.12. The number of pyridine rings is 1. The van der Waals surface area contributed by atoms with Crippen LogP contribution in [0.25, 0.3) is 0 Å². The molecule has 0 bridgehead atoms. The van der Waals surface area contributed by atoms with E-state index in [0.29, 0.717) is 11.3 Å². The van der Waals surface area contributed by atoms with E-state index in [1.54, 1.807) is 12.3 Å². The van der Waals surface area contributed by atoms with Crippen molar-refractivity contribution in [2.24, 2.45) is 0 Å². The molecular formula is C14H15N3O3. The number of aromatic nitrogens is 1. The van der Waals surface area contributed by atoms with Crippen LogP contribution in [0.3, 0.4) is 0 Å². The van der Waals surface area contributed by atoms with Crippen molar-refractivity contribution in [3.05, 3.63) is 42.5 Å². The zero-order valence-electron chi connectivity index (χ0n) is 10.9. The van der Waals surface area contributed by atoms with Crippen LogP contribution in [0.1, 0.15) is 10.4 Å². The van der Waals surface area contributed by atoms with E-state index in [4.69, 9.17) is 9.15 Å². The minimum absolute atomic E-state index is 0.209. The Bertz CT molecular complexity index is 560. The van der Waals surface area contributed by atoms with Crippen molar-refractivity contribution in [2.75, 3.05) is 36.5 Å². The predicted molar refractivity (Wildman–Crippen MR) is 73.9 cm³/mol. The van der Waals surface area contributed by atoms with Crippen LogP contribution in [0.4, 0.5) is 11.5 Å². The van der Waals surface area contributed by atoms with Crippen molar-refractivity contribution in [1.29, 1.82) is 0 Å². The maximum atomic E-state index is 11.8. The highest BCUT2D eigenvalue weighted by Crippen LogP contribution is 2.16. The quantitative estimate of drug-likeness (QED) is 0.923. The Morgan fingerprint density at radius 2 is 2.10 bits per heavy atom. The van der Waals surface area contributed by atoms with Gasteiger partial charge in [0, 0.05) is 13.1 Å². The van der Waals surface area contributed by atoms with Crippen LogP contribution in [0.2, 0.25) is 0 Å². The third-order valence-corrected chi connectivity index (χ3v) is 3.12. The highest BCUT2D eigenvalue weighted by molar-refractivity contribution is 6.03. The minimum Gasteiger partial charge on any atom is -0.472 e. The smallest absolute Gasteiger partial charge is 0.258 e. The fourth-order valence-electron chi connectivity index (χ4n) is 2.04. The average molecular weight is 273 g/mol. The number of anilines is 2. The summed E-state index contributed by atoms with van der Waals surface area (Å²) in [5.74, 6) is 0.689. The van der Waals surface area contributed by atoms with E-state index in [2.05, 4.69) is 15.2 Å². The number of hydrogen-bond donors (Lipinski definition) is 1. The number of carbonyl (C=O) groups is 1. The summed E-state index contributed by atoms with van der Waals surface area (Å²) in [6.07, 6.45) is 4.53. The number of rotatable bonds is 3. The molecule has 1 fully saturated rings. The lowest BCUT2D eigenvalue weighted by Crippen LogP contribution is -2.36. The molecule has 1 aliphatic heterocycles. The molecule has 104 valence electrons. The third kappa shape index (κ3) is 2.80. The van der Waals surface area contributed by atoms with Crippen molar-refractivity contribution in [3.63, 3.8) is 0 Å². The molecule has 0 atom stereocenters. The maximum absolute atomic E-state index is 11.8. The second kappa shape index (κ2) is 5.75. The molecule has 6 nitrogen and oxygen atoms in total. The number of nitrogens with zero attached hydrogens (tertiary/aromatic N) is 2. The first-order valence-corrected chi connectivity index (χ1v) is 6.45. The van der Waals surface area contributed by atoms with E-state index in [1.807, 2.05) is 12.1 Å². The van der Waals surface area contributed by atoms with Gasteiger partial charge in [0.05, 0.1) is 36.9 Å². The van der Waals surface area contributed by atoms with Gasteiger partial charge in [-0.1, -0.05) is 0 Å². The van der Waals surface area contributed by atoms with Gasteiger partial charge in [0.25, 0.3) is 5.91 Å². The molecule has 0 aromatic carbocycles. The SMILES string of the molecule is O=C(Nc1ccc(N2CCOCC2)nc1)c1ccoc1. The number of morpholine rings is 1. The largest absolute Gasteiger partial charge is 0.472 e. The van der Waals surface area contributed by atoms with Crippen molar-refractivity contribution < 1.29 is 13.9 Å². The fourth-order valence-corrected chi connectivity index (χ4v) is 2.04. The molecule has 1 amide bonds. The molecule has 20 heavy (non-hydrogen) atoms. The predicted octanol–water partition coefficient (Wildman–Crippen LogP) is 1.76. The van der Waals surface area contributed by atoms with Crippen LogP contribution in [0.15, 0.2) is 41.3 Å². The first kappa shape index (κ1) is 12.7. The second-order valence-electron chi connectivity index (χ2n) is 4.47. The molecular weight excluding hydrogens is 258 g/mol. The van der Waals surface area contributed by atoms with E-state index < -0.39 is 0 Å². The highest BCUT2D eigenvalue weighted by atomic mass is 16.5. The standard InChI is InChI=1S/C14H15N3O3/c18-14(11-3-6-20-10-11)16-12-1-2-13(15-9-12)17-4-7-19-8-5-17/h1-3,6,9-10H,4-5,7-8H2,(H,16,18). The van der Waals surface area contributed by atoms with Crippen LogP contribution in [-0.2, 0) is 4.74 Å². The molecule has 2 aromatic heterocycles. The van der Waals surface area contributed by atoms with Crippen molar-refractivity contribution >= 4 is 17.4 Å². The molecule has 2 aromatic rings. The number of carbonyl (C=O) groups excluding carboxylic acids is 1. The zero-order chi connectivity index (χ0) is 13.8. The zero-order valence-corrected chi connectivity index (χ0v) is 10.9. The number of amides is 1. The van der Waals surface area contributed by atoms with Gasteiger partial charge < -0.3 is 19.4 Å². The Hall–Kier alpha value is -2.34. The maximum Gasteiger partial charge on any atom is 0.258 e. The Labute approximate surface area is 116 Å². The van der Waals surface area contributed by atoms with E-state index >= 15 is 0 Å². The summed E-state index contributed by atoms with van der Waals surface area (Å²) in [7, 11) is 0. The minimum atomic E-state index is -0.209. The number of furan rings is 1. The molecule has 3 rings (SSSR count). The monoisotopic (exact) mass is 273 g/mol. The molecule has 0 unspecified atom stereocenters. The van der Waals surface area contributed by atoms with Crippen LogP contribution < -0.4 is 10.2 Å². The second-order valence-corrected chi connectivity index (χ2v) is 4.47. The van der Waals surface area contributed by atoms with E-state index in [-0.39, 0.29) is 5.91 Å². The van der Waals surface area contributed by atoms with Gasteiger partial charge in [-0.2, -0.15) is 0 Å². The molecule has 0 spiro atoms. The summed E-state index contributed by atoms with van der Waals surface area (Å²) in [5, 5.41) is 2.77. The molecule has 0 radical (unpaired) electrons. The molecule has 1 saturated heterocycles. The lowest BCUT2D eigenvalue weighted by atomic mass is 10.3. The molecule has 1 N–H and O–H groups in total. The molecule has 0 aliphatic carbocycles. The molecule has 1 aliphatic rings. The summed E-state index contributed by atoms with van der Waals surface area (Å²) < 4.78 is 10.2. The summed E-state index contributed by atoms with van der Waals surface area (Å²) in [4.78, 5) is 18.4. The van der Waals surface area contributed by atoms with E-state index in [0.717, 1.165) is 32.1 Å². The van der Waals surface area contributed by atoms with Gasteiger partial charge in [0.15, 0.2) is 0 Å². The third-order valence-electron chi connectivity index (χ3n) is 3.12. The van der Waals surface area contributed by atoms with E-state index in [9.17, 15) is 4.79 Å². The molecule has 0 saturated carbocycles. The van der Waals surface area contributed by atoms with Gasteiger partial charge in [-0.3, -0.25) is 4.79 Å². The van der Waals surface area contributed by atoms with E-state index in [1.165, 1.54) is 12.5 Å². The number of hydrogen-bond acceptors (Lipinski definition) is 5. The fraction of sp³-hybridized carbons (Fsp3) is 0.286. The van der Waals surface area contributed by atoms with Gasteiger partial charge in [0.1, 0.15) is 12.1 Å². The van der Waals surface area contributed by atoms with Crippen molar-refractivity contribution in [1.82, 2.24) is 4.98 Å². The van der Waals surface area contributed by atoms with Crippen molar-refractivity contribution in [2.45, 2.75) is 0 Å². The number of nitrogens with one attached hydrogen (secondary N) is 1. The summed E-state index contributed by atoms with van der Waals surface area (Å²) in [6.45, 7) is 3.13. The Balaban J connectivity index is 1.65. The first-order valence-electron chi connectivity index (χ1n) is 6.45. The summed E-state index contributed by atoms with van der Waals surface area (Å²) in [6, 6.07) is 5.36. The van der Waals surface area contributed by atoms with Gasteiger partial charge in [0.2, 0.25) is 0 Å². The van der Waals surface area contributed by atoms with Gasteiger partial charge >= 0.3 is 0 Å². The summed E-state index contributed by atoms with van der Waals surface area (Å²) in [5.41, 5.74) is 1.15. The van der Waals surface area contributed by atoms with Crippen LogP contribution in [0.5, 0.6) is 0 Å². The molecule has 3 heterocycles. The van der Waals surface area contributed by atoms with Crippen molar-refractivity contribution in [3.8, 4) is 0 Å². The summed E-state index contributed by atoms with van der Waals surface area (Å²) >= 11 is 0. The van der Waals surface area contributed by atoms with Gasteiger partial charge in [-0.05, 0) is 18.2 Å². The topological polar surface area (TPSA) is 67.6 Å². The Morgan fingerprint density at radius 1 is 1.25 bits per heavy atom. The van der Waals surface area contributed by atoms with Gasteiger partial charge in [-0.15, -0.1) is 0 Å². The lowest BCUT2D eigenvalue weighted by molar-refractivity contribution is 0.102. The average Bonchev–Trinajstić information content (AvgIpc) is 3.03.